The van der Waals surface area contributed by atoms with E-state index in [1.54, 1.807) is 31.2 Å². The van der Waals surface area contributed by atoms with Gasteiger partial charge in [-0.1, -0.05) is 6.07 Å². The molecular formula is C14H15N3O4. The number of benzene rings is 1. The van der Waals surface area contributed by atoms with Gasteiger partial charge >= 0.3 is 0 Å². The maximum Gasteiger partial charge on any atom is 0.274 e. The van der Waals surface area contributed by atoms with Crippen molar-refractivity contribution in [2.75, 3.05) is 11.9 Å². The van der Waals surface area contributed by atoms with E-state index in [4.69, 9.17) is 4.42 Å². The normalized spacial score (nSPS) is 10.1. The van der Waals surface area contributed by atoms with Gasteiger partial charge in [0.15, 0.2) is 0 Å². The Morgan fingerprint density at radius 1 is 1.33 bits per heavy atom. The number of furan rings is 1. The molecule has 0 unspecified atom stereocenters. The largest absolute Gasteiger partial charge is 0.467 e. The van der Waals surface area contributed by atoms with Gasteiger partial charge in [0.2, 0.25) is 5.91 Å². The first-order valence-electron chi connectivity index (χ1n) is 6.35. The standard InChI is InChI=1S/C14H15N3O4/c1-10-12(5-2-6-13(10)17(19)20)15-9-14(18)16-8-11-4-3-7-21-11/h2-7,15H,8-9H2,1H3,(H,16,18). The van der Waals surface area contributed by atoms with Gasteiger partial charge < -0.3 is 15.1 Å². The molecule has 0 saturated carbocycles. The molecule has 0 radical (unpaired) electrons. The Morgan fingerprint density at radius 3 is 2.81 bits per heavy atom. The SMILES string of the molecule is Cc1c(NCC(=O)NCc2ccco2)cccc1[N+](=O)[O-]. The monoisotopic (exact) mass is 289 g/mol. The third-order valence-corrected chi connectivity index (χ3v) is 2.98. The van der Waals surface area contributed by atoms with Crippen molar-refractivity contribution in [1.82, 2.24) is 5.32 Å². The van der Waals surface area contributed by atoms with Gasteiger partial charge in [-0.2, -0.15) is 0 Å². The molecule has 1 aromatic carbocycles. The van der Waals surface area contributed by atoms with E-state index >= 15 is 0 Å². The van der Waals surface area contributed by atoms with Gasteiger partial charge in [0.25, 0.3) is 5.69 Å². The summed E-state index contributed by atoms with van der Waals surface area (Å²) in [5, 5.41) is 16.4. The first kappa shape index (κ1) is 14.6. The summed E-state index contributed by atoms with van der Waals surface area (Å²) in [4.78, 5) is 22.1. The number of rotatable bonds is 6. The van der Waals surface area contributed by atoms with E-state index in [2.05, 4.69) is 10.6 Å². The molecular weight excluding hydrogens is 274 g/mol. The van der Waals surface area contributed by atoms with Crippen molar-refractivity contribution in [3.05, 3.63) is 58.0 Å². The second-order valence-corrected chi connectivity index (χ2v) is 4.42. The van der Waals surface area contributed by atoms with Gasteiger partial charge in [-0.25, -0.2) is 0 Å². The predicted octanol–water partition coefficient (Wildman–Crippen LogP) is 2.22. The van der Waals surface area contributed by atoms with Crippen LogP contribution in [0.1, 0.15) is 11.3 Å². The minimum absolute atomic E-state index is 0.0241. The fourth-order valence-electron chi connectivity index (χ4n) is 1.85. The summed E-state index contributed by atoms with van der Waals surface area (Å²) in [6.45, 7) is 1.98. The Kier molecular flexibility index (Phi) is 4.55. The lowest BCUT2D eigenvalue weighted by Gasteiger charge is -2.09. The zero-order chi connectivity index (χ0) is 15.2. The highest BCUT2D eigenvalue weighted by Gasteiger charge is 2.13. The molecule has 2 N–H and O–H groups in total. The van der Waals surface area contributed by atoms with Crippen LogP contribution in [0.25, 0.3) is 0 Å². The van der Waals surface area contributed by atoms with Crippen molar-refractivity contribution >= 4 is 17.3 Å². The smallest absolute Gasteiger partial charge is 0.274 e. The predicted molar refractivity (Wildman–Crippen MR) is 76.9 cm³/mol. The summed E-state index contributed by atoms with van der Waals surface area (Å²) < 4.78 is 5.10. The van der Waals surface area contributed by atoms with E-state index in [9.17, 15) is 14.9 Å². The number of carbonyl (C=O) groups is 1. The van der Waals surface area contributed by atoms with E-state index in [0.717, 1.165) is 0 Å². The lowest BCUT2D eigenvalue weighted by molar-refractivity contribution is -0.385. The quantitative estimate of drug-likeness (QED) is 0.627. The lowest BCUT2D eigenvalue weighted by Crippen LogP contribution is -2.29. The average Bonchev–Trinajstić information content (AvgIpc) is 2.97. The molecule has 2 rings (SSSR count). The van der Waals surface area contributed by atoms with Gasteiger partial charge in [-0.15, -0.1) is 0 Å². The number of carbonyl (C=O) groups excluding carboxylic acids is 1. The maximum atomic E-state index is 11.7. The zero-order valence-corrected chi connectivity index (χ0v) is 11.5. The molecule has 7 nitrogen and oxygen atoms in total. The number of hydrogen-bond donors (Lipinski definition) is 2. The lowest BCUT2D eigenvalue weighted by atomic mass is 10.1. The minimum Gasteiger partial charge on any atom is -0.467 e. The summed E-state index contributed by atoms with van der Waals surface area (Å²) in [5.41, 5.74) is 1.09. The van der Waals surface area contributed by atoms with Crippen LogP contribution in [0.15, 0.2) is 41.0 Å². The fraction of sp³-hybridized carbons (Fsp3) is 0.214. The van der Waals surface area contributed by atoms with E-state index in [-0.39, 0.29) is 18.1 Å². The Morgan fingerprint density at radius 2 is 2.14 bits per heavy atom. The topological polar surface area (TPSA) is 97.4 Å². The van der Waals surface area contributed by atoms with Crippen molar-refractivity contribution in [3.63, 3.8) is 0 Å². The molecule has 7 heteroatoms. The first-order valence-corrected chi connectivity index (χ1v) is 6.35. The Labute approximate surface area is 121 Å². The number of nitrogens with one attached hydrogen (secondary N) is 2. The number of anilines is 1. The molecule has 21 heavy (non-hydrogen) atoms. The first-order chi connectivity index (χ1) is 10.1. The highest BCUT2D eigenvalue weighted by atomic mass is 16.6. The van der Waals surface area contributed by atoms with Crippen LogP contribution in [0.3, 0.4) is 0 Å². The van der Waals surface area contributed by atoms with Crippen LogP contribution in [0.2, 0.25) is 0 Å². The summed E-state index contributed by atoms with van der Waals surface area (Å²) in [6.07, 6.45) is 1.53. The number of nitro benzene ring substituents is 1. The van der Waals surface area contributed by atoms with Crippen molar-refractivity contribution < 1.29 is 14.1 Å². The molecule has 0 bridgehead atoms. The zero-order valence-electron chi connectivity index (χ0n) is 11.5. The van der Waals surface area contributed by atoms with Gasteiger partial charge in [0.05, 0.1) is 24.3 Å². The van der Waals surface area contributed by atoms with E-state index in [0.29, 0.717) is 23.6 Å². The van der Waals surface area contributed by atoms with Gasteiger partial charge in [0, 0.05) is 17.3 Å². The van der Waals surface area contributed by atoms with Gasteiger partial charge in [-0.05, 0) is 25.1 Å². The molecule has 1 amide bonds. The van der Waals surface area contributed by atoms with Gasteiger partial charge in [-0.3, -0.25) is 14.9 Å². The molecule has 0 aliphatic rings. The Balaban J connectivity index is 1.89. The van der Waals surface area contributed by atoms with Crippen molar-refractivity contribution in [3.8, 4) is 0 Å². The van der Waals surface area contributed by atoms with Crippen LogP contribution >= 0.6 is 0 Å². The summed E-state index contributed by atoms with van der Waals surface area (Å²) >= 11 is 0. The molecule has 0 spiro atoms. The highest BCUT2D eigenvalue weighted by Crippen LogP contribution is 2.24. The van der Waals surface area contributed by atoms with Crippen LogP contribution in [0.4, 0.5) is 11.4 Å². The van der Waals surface area contributed by atoms with Crippen LogP contribution in [-0.2, 0) is 11.3 Å². The number of nitrogens with zero attached hydrogens (tertiary/aromatic N) is 1. The number of nitro groups is 1. The fourth-order valence-corrected chi connectivity index (χ4v) is 1.85. The molecule has 0 saturated heterocycles. The molecule has 1 aromatic heterocycles. The maximum absolute atomic E-state index is 11.7. The third kappa shape index (κ3) is 3.82. The number of amides is 1. The number of hydrogen-bond acceptors (Lipinski definition) is 5. The van der Waals surface area contributed by atoms with Crippen molar-refractivity contribution in [2.24, 2.45) is 0 Å². The highest BCUT2D eigenvalue weighted by molar-refractivity contribution is 5.81. The van der Waals surface area contributed by atoms with Crippen LogP contribution in [0, 0.1) is 17.0 Å². The summed E-state index contributed by atoms with van der Waals surface area (Å²) in [7, 11) is 0. The van der Waals surface area contributed by atoms with Crippen molar-refractivity contribution in [2.45, 2.75) is 13.5 Å². The second kappa shape index (κ2) is 6.56. The van der Waals surface area contributed by atoms with E-state index in [1.165, 1.54) is 12.3 Å². The molecule has 0 atom stereocenters. The van der Waals surface area contributed by atoms with Crippen molar-refractivity contribution in [1.29, 1.82) is 0 Å². The minimum atomic E-state index is -0.447. The van der Waals surface area contributed by atoms with Crippen LogP contribution in [0.5, 0.6) is 0 Å². The molecule has 2 aromatic rings. The van der Waals surface area contributed by atoms with Crippen LogP contribution < -0.4 is 10.6 Å². The molecule has 0 aliphatic heterocycles. The Hall–Kier alpha value is -2.83. The summed E-state index contributed by atoms with van der Waals surface area (Å²) in [5.74, 6) is 0.437. The van der Waals surface area contributed by atoms with Crippen LogP contribution in [-0.4, -0.2) is 17.4 Å². The molecule has 1 heterocycles. The van der Waals surface area contributed by atoms with Gasteiger partial charge in [0.1, 0.15) is 5.76 Å². The Bertz CT molecular complexity index is 638. The average molecular weight is 289 g/mol. The third-order valence-electron chi connectivity index (χ3n) is 2.98. The molecule has 0 aliphatic carbocycles. The van der Waals surface area contributed by atoms with E-state index in [1.807, 2.05) is 0 Å². The molecule has 110 valence electrons. The summed E-state index contributed by atoms with van der Waals surface area (Å²) in [6, 6.07) is 8.21. The molecule has 0 fully saturated rings. The second-order valence-electron chi connectivity index (χ2n) is 4.42. The van der Waals surface area contributed by atoms with E-state index < -0.39 is 4.92 Å².